The minimum atomic E-state index is -0.450. The summed E-state index contributed by atoms with van der Waals surface area (Å²) in [5.41, 5.74) is 1.13. The SMILES string of the molecule is COC(=O)C=Cc1ccc(O)c(CO)c1. The Morgan fingerprint density at radius 3 is 2.87 bits per heavy atom. The summed E-state index contributed by atoms with van der Waals surface area (Å²) in [6.07, 6.45) is 2.82. The van der Waals surface area contributed by atoms with Crippen molar-refractivity contribution in [1.82, 2.24) is 0 Å². The summed E-state index contributed by atoms with van der Waals surface area (Å²) in [4.78, 5) is 10.8. The van der Waals surface area contributed by atoms with E-state index in [1.165, 1.54) is 19.3 Å². The van der Waals surface area contributed by atoms with Crippen LogP contribution in [0.25, 0.3) is 6.08 Å². The van der Waals surface area contributed by atoms with Gasteiger partial charge in [-0.3, -0.25) is 0 Å². The molecule has 1 rings (SSSR count). The van der Waals surface area contributed by atoms with Crippen molar-refractivity contribution in [3.63, 3.8) is 0 Å². The zero-order chi connectivity index (χ0) is 11.3. The topological polar surface area (TPSA) is 66.8 Å². The minimum absolute atomic E-state index is 0.0349. The first-order chi connectivity index (χ1) is 7.17. The molecule has 15 heavy (non-hydrogen) atoms. The molecule has 0 aliphatic heterocycles. The summed E-state index contributed by atoms with van der Waals surface area (Å²) in [6.45, 7) is -0.244. The third-order valence-electron chi connectivity index (χ3n) is 1.89. The van der Waals surface area contributed by atoms with Gasteiger partial charge in [0.15, 0.2) is 0 Å². The highest BCUT2D eigenvalue weighted by molar-refractivity contribution is 5.86. The highest BCUT2D eigenvalue weighted by Gasteiger charge is 2.00. The Morgan fingerprint density at radius 1 is 1.53 bits per heavy atom. The normalized spacial score (nSPS) is 10.5. The summed E-state index contributed by atoms with van der Waals surface area (Å²) >= 11 is 0. The number of aliphatic hydroxyl groups is 1. The second-order valence-electron chi connectivity index (χ2n) is 2.90. The molecule has 0 saturated heterocycles. The molecule has 0 saturated carbocycles. The van der Waals surface area contributed by atoms with Crippen LogP contribution in [0, 0.1) is 0 Å². The Morgan fingerprint density at radius 2 is 2.27 bits per heavy atom. The third kappa shape index (κ3) is 3.11. The largest absolute Gasteiger partial charge is 0.508 e. The van der Waals surface area contributed by atoms with Gasteiger partial charge in [-0.15, -0.1) is 0 Å². The van der Waals surface area contributed by atoms with Crippen molar-refractivity contribution >= 4 is 12.0 Å². The van der Waals surface area contributed by atoms with Gasteiger partial charge in [-0.05, 0) is 23.8 Å². The summed E-state index contributed by atoms with van der Waals surface area (Å²) in [5.74, 6) is -0.415. The molecule has 0 unspecified atom stereocenters. The number of phenols is 1. The smallest absolute Gasteiger partial charge is 0.330 e. The molecule has 4 nitrogen and oxygen atoms in total. The second kappa shape index (κ2) is 5.17. The molecule has 0 aromatic heterocycles. The van der Waals surface area contributed by atoms with Crippen molar-refractivity contribution in [3.05, 3.63) is 35.4 Å². The van der Waals surface area contributed by atoms with Crippen molar-refractivity contribution in [1.29, 1.82) is 0 Å². The van der Waals surface area contributed by atoms with Gasteiger partial charge in [-0.25, -0.2) is 4.79 Å². The zero-order valence-electron chi connectivity index (χ0n) is 8.30. The molecule has 80 valence electrons. The fourth-order valence-corrected chi connectivity index (χ4v) is 1.07. The molecule has 0 bridgehead atoms. The van der Waals surface area contributed by atoms with E-state index >= 15 is 0 Å². The molecule has 0 radical (unpaired) electrons. The van der Waals surface area contributed by atoms with Crippen molar-refractivity contribution in [2.75, 3.05) is 7.11 Å². The predicted molar refractivity (Wildman–Crippen MR) is 55.1 cm³/mol. The van der Waals surface area contributed by atoms with Gasteiger partial charge in [0.1, 0.15) is 5.75 Å². The first-order valence-corrected chi connectivity index (χ1v) is 4.36. The Kier molecular flexibility index (Phi) is 3.88. The molecule has 0 aliphatic rings. The number of methoxy groups -OCH3 is 1. The van der Waals surface area contributed by atoms with E-state index in [4.69, 9.17) is 5.11 Å². The number of hydrogen-bond acceptors (Lipinski definition) is 4. The summed E-state index contributed by atoms with van der Waals surface area (Å²) < 4.78 is 4.43. The number of ether oxygens (including phenoxy) is 1. The minimum Gasteiger partial charge on any atom is -0.508 e. The molecule has 0 amide bonds. The van der Waals surface area contributed by atoms with Gasteiger partial charge < -0.3 is 14.9 Å². The fraction of sp³-hybridized carbons (Fsp3) is 0.182. The van der Waals surface area contributed by atoms with Crippen LogP contribution in [0.15, 0.2) is 24.3 Å². The average Bonchev–Trinajstić information content (AvgIpc) is 2.27. The molecular weight excluding hydrogens is 196 g/mol. The molecule has 0 heterocycles. The van der Waals surface area contributed by atoms with Crippen LogP contribution in [-0.2, 0) is 16.1 Å². The maximum atomic E-state index is 10.8. The number of aromatic hydroxyl groups is 1. The van der Waals surface area contributed by atoms with E-state index in [2.05, 4.69) is 4.74 Å². The van der Waals surface area contributed by atoms with E-state index in [0.717, 1.165) is 0 Å². The van der Waals surface area contributed by atoms with E-state index < -0.39 is 5.97 Å². The van der Waals surface area contributed by atoms with Gasteiger partial charge in [0.25, 0.3) is 0 Å². The van der Waals surface area contributed by atoms with E-state index in [-0.39, 0.29) is 12.4 Å². The molecule has 1 aromatic rings. The number of carbonyl (C=O) groups excluding carboxylic acids is 1. The molecule has 0 aliphatic carbocycles. The number of hydrogen-bond donors (Lipinski definition) is 2. The van der Waals surface area contributed by atoms with Crippen LogP contribution in [0.5, 0.6) is 5.75 Å². The van der Waals surface area contributed by atoms with Crippen LogP contribution < -0.4 is 0 Å². The molecule has 0 spiro atoms. The van der Waals surface area contributed by atoms with Crippen LogP contribution in [0.2, 0.25) is 0 Å². The number of aliphatic hydroxyl groups excluding tert-OH is 1. The van der Waals surface area contributed by atoms with Crippen LogP contribution in [0.4, 0.5) is 0 Å². The highest BCUT2D eigenvalue weighted by Crippen LogP contribution is 2.18. The number of benzene rings is 1. The molecule has 0 fully saturated rings. The van der Waals surface area contributed by atoms with E-state index in [1.807, 2.05) is 0 Å². The second-order valence-corrected chi connectivity index (χ2v) is 2.90. The monoisotopic (exact) mass is 208 g/mol. The van der Waals surface area contributed by atoms with Crippen molar-refractivity contribution in [2.24, 2.45) is 0 Å². The maximum absolute atomic E-state index is 10.8. The van der Waals surface area contributed by atoms with Crippen LogP contribution in [-0.4, -0.2) is 23.3 Å². The third-order valence-corrected chi connectivity index (χ3v) is 1.89. The number of esters is 1. The summed E-state index contributed by atoms with van der Waals surface area (Å²) in [5, 5.41) is 18.2. The lowest BCUT2D eigenvalue weighted by Gasteiger charge is -2.01. The first-order valence-electron chi connectivity index (χ1n) is 4.36. The maximum Gasteiger partial charge on any atom is 0.330 e. The molecule has 1 aromatic carbocycles. The van der Waals surface area contributed by atoms with E-state index in [0.29, 0.717) is 11.1 Å². The van der Waals surface area contributed by atoms with Gasteiger partial charge in [0.2, 0.25) is 0 Å². The molecule has 4 heteroatoms. The fourth-order valence-electron chi connectivity index (χ4n) is 1.07. The predicted octanol–water partition coefficient (Wildman–Crippen LogP) is 1.07. The van der Waals surface area contributed by atoms with Crippen molar-refractivity contribution in [2.45, 2.75) is 6.61 Å². The Labute approximate surface area is 87.4 Å². The molecule has 0 atom stereocenters. The van der Waals surface area contributed by atoms with E-state index in [9.17, 15) is 9.90 Å². The molecule has 2 N–H and O–H groups in total. The van der Waals surface area contributed by atoms with Crippen molar-refractivity contribution < 1.29 is 19.7 Å². The summed E-state index contributed by atoms with van der Waals surface area (Å²) in [6, 6.07) is 4.69. The first kappa shape index (κ1) is 11.3. The van der Waals surface area contributed by atoms with Crippen LogP contribution >= 0.6 is 0 Å². The standard InChI is InChI=1S/C11H12O4/c1-15-11(14)5-3-8-2-4-10(13)9(6-8)7-12/h2-6,12-13H,7H2,1H3. The Bertz CT molecular complexity index is 382. The van der Waals surface area contributed by atoms with Crippen LogP contribution in [0.1, 0.15) is 11.1 Å². The van der Waals surface area contributed by atoms with Gasteiger partial charge in [0, 0.05) is 11.6 Å². The zero-order valence-corrected chi connectivity index (χ0v) is 8.30. The Hall–Kier alpha value is -1.81. The molecular formula is C11H12O4. The van der Waals surface area contributed by atoms with Crippen molar-refractivity contribution in [3.8, 4) is 5.75 Å². The lowest BCUT2D eigenvalue weighted by molar-refractivity contribution is -0.134. The Balaban J connectivity index is 2.87. The van der Waals surface area contributed by atoms with Gasteiger partial charge >= 0.3 is 5.97 Å². The van der Waals surface area contributed by atoms with E-state index in [1.54, 1.807) is 18.2 Å². The van der Waals surface area contributed by atoms with Crippen LogP contribution in [0.3, 0.4) is 0 Å². The number of rotatable bonds is 3. The van der Waals surface area contributed by atoms with Gasteiger partial charge in [-0.2, -0.15) is 0 Å². The average molecular weight is 208 g/mol. The van der Waals surface area contributed by atoms with Gasteiger partial charge in [-0.1, -0.05) is 6.07 Å². The lowest BCUT2D eigenvalue weighted by atomic mass is 10.1. The number of carbonyl (C=O) groups is 1. The van der Waals surface area contributed by atoms with Gasteiger partial charge in [0.05, 0.1) is 13.7 Å². The summed E-state index contributed by atoms with van der Waals surface area (Å²) in [7, 11) is 1.29. The highest BCUT2D eigenvalue weighted by atomic mass is 16.5. The lowest BCUT2D eigenvalue weighted by Crippen LogP contribution is -1.93. The quantitative estimate of drug-likeness (QED) is 0.576.